The zero-order chi connectivity index (χ0) is 12.8. The lowest BCUT2D eigenvalue weighted by Crippen LogP contribution is -2.12. The van der Waals surface area contributed by atoms with Crippen LogP contribution in [0, 0.1) is 11.8 Å². The molecule has 90 valence electrons. The first-order valence-electron chi connectivity index (χ1n) is 5.02. The number of hydrogen-bond donors (Lipinski definition) is 0. The Morgan fingerprint density at radius 2 is 1.94 bits per heavy atom. The van der Waals surface area contributed by atoms with Gasteiger partial charge in [-0.25, -0.2) is 4.79 Å². The summed E-state index contributed by atoms with van der Waals surface area (Å²) in [7, 11) is 0. The Morgan fingerprint density at radius 1 is 1.17 bits per heavy atom. The van der Waals surface area contributed by atoms with Crippen molar-refractivity contribution in [3.63, 3.8) is 0 Å². The number of ether oxygens (including phenoxy) is 1. The number of carbonyl (C=O) groups is 2. The Kier molecular flexibility index (Phi) is 4.29. The van der Waals surface area contributed by atoms with Crippen LogP contribution in [0.5, 0.6) is 0 Å². The van der Waals surface area contributed by atoms with Crippen LogP contribution in [0.15, 0.2) is 33.7 Å². The van der Waals surface area contributed by atoms with Crippen molar-refractivity contribution in [3.8, 4) is 11.8 Å². The van der Waals surface area contributed by atoms with Crippen molar-refractivity contribution >= 4 is 34.4 Å². The first-order valence-corrected chi connectivity index (χ1v) is 6.90. The van der Waals surface area contributed by atoms with E-state index >= 15 is 0 Å². The molecule has 0 aliphatic carbocycles. The van der Waals surface area contributed by atoms with E-state index in [0.29, 0.717) is 5.56 Å². The Labute approximate surface area is 112 Å². The van der Waals surface area contributed by atoms with Crippen LogP contribution < -0.4 is 0 Å². The monoisotopic (exact) mass is 276 g/mol. The Balaban J connectivity index is 1.84. The molecule has 18 heavy (non-hydrogen) atoms. The fraction of sp³-hybridized carbons (Fsp3) is 0.0769. The molecule has 0 aromatic carbocycles. The summed E-state index contributed by atoms with van der Waals surface area (Å²) in [5.74, 6) is 4.08. The van der Waals surface area contributed by atoms with Crippen molar-refractivity contribution in [2.24, 2.45) is 0 Å². The van der Waals surface area contributed by atoms with Gasteiger partial charge in [-0.3, -0.25) is 4.79 Å². The zero-order valence-electron chi connectivity index (χ0n) is 9.21. The van der Waals surface area contributed by atoms with Crippen LogP contribution in [-0.4, -0.2) is 18.4 Å². The number of Topliss-reactive ketones (excluding diaryl/α,β-unsaturated/α-hetero) is 1. The first-order chi connectivity index (χ1) is 8.75. The summed E-state index contributed by atoms with van der Waals surface area (Å²) >= 11 is 2.92. The van der Waals surface area contributed by atoms with E-state index in [1.165, 1.54) is 22.7 Å². The lowest BCUT2D eigenvalue weighted by molar-refractivity contribution is -0.135. The number of rotatable bonds is 3. The number of carbonyl (C=O) groups excluding carboxylic acids is 2. The van der Waals surface area contributed by atoms with Gasteiger partial charge in [0, 0.05) is 27.8 Å². The minimum absolute atomic E-state index is 0.220. The minimum Gasteiger partial charge on any atom is -0.448 e. The SMILES string of the molecule is O=C(C#Cc1ccsc1)OCC(=O)c1ccsc1. The summed E-state index contributed by atoms with van der Waals surface area (Å²) in [6.45, 7) is -0.270. The predicted octanol–water partition coefficient (Wildman–Crippen LogP) is 2.59. The zero-order valence-corrected chi connectivity index (χ0v) is 10.8. The van der Waals surface area contributed by atoms with E-state index < -0.39 is 5.97 Å². The molecule has 0 amide bonds. The normalized spacial score (nSPS) is 9.33. The van der Waals surface area contributed by atoms with Crippen LogP contribution in [0.25, 0.3) is 0 Å². The van der Waals surface area contributed by atoms with Gasteiger partial charge >= 0.3 is 5.97 Å². The van der Waals surface area contributed by atoms with Gasteiger partial charge < -0.3 is 4.74 Å². The maximum Gasteiger partial charge on any atom is 0.385 e. The van der Waals surface area contributed by atoms with Crippen molar-refractivity contribution < 1.29 is 14.3 Å². The van der Waals surface area contributed by atoms with Crippen molar-refractivity contribution in [2.75, 3.05) is 6.61 Å². The van der Waals surface area contributed by atoms with Crippen molar-refractivity contribution in [3.05, 3.63) is 44.8 Å². The van der Waals surface area contributed by atoms with Crippen LogP contribution in [0.1, 0.15) is 15.9 Å². The number of hydrogen-bond acceptors (Lipinski definition) is 5. The second kappa shape index (κ2) is 6.15. The highest BCUT2D eigenvalue weighted by Crippen LogP contribution is 2.07. The van der Waals surface area contributed by atoms with Gasteiger partial charge in [0.25, 0.3) is 0 Å². The van der Waals surface area contributed by atoms with Gasteiger partial charge in [0.2, 0.25) is 5.78 Å². The van der Waals surface area contributed by atoms with Gasteiger partial charge in [0.05, 0.1) is 0 Å². The summed E-state index contributed by atoms with van der Waals surface area (Å²) < 4.78 is 4.77. The lowest BCUT2D eigenvalue weighted by Gasteiger charge is -1.97. The predicted molar refractivity (Wildman–Crippen MR) is 70.8 cm³/mol. The van der Waals surface area contributed by atoms with Gasteiger partial charge in [-0.15, -0.1) is 0 Å². The quantitative estimate of drug-likeness (QED) is 0.491. The molecule has 3 nitrogen and oxygen atoms in total. The van der Waals surface area contributed by atoms with Gasteiger partial charge in [0.1, 0.15) is 0 Å². The van der Waals surface area contributed by atoms with Crippen LogP contribution in [0.3, 0.4) is 0 Å². The molecule has 2 rings (SSSR count). The minimum atomic E-state index is -0.690. The third-order valence-electron chi connectivity index (χ3n) is 2.01. The number of esters is 1. The maximum atomic E-state index is 11.5. The average Bonchev–Trinajstić information content (AvgIpc) is 3.05. The van der Waals surface area contributed by atoms with Gasteiger partial charge in [-0.2, -0.15) is 22.7 Å². The third-order valence-corrected chi connectivity index (χ3v) is 3.37. The van der Waals surface area contributed by atoms with Crippen molar-refractivity contribution in [2.45, 2.75) is 0 Å². The van der Waals surface area contributed by atoms with E-state index in [2.05, 4.69) is 11.8 Å². The second-order valence-electron chi connectivity index (χ2n) is 3.27. The van der Waals surface area contributed by atoms with Crippen molar-refractivity contribution in [1.29, 1.82) is 0 Å². The molecule has 2 heterocycles. The molecule has 0 aliphatic heterocycles. The lowest BCUT2D eigenvalue weighted by atomic mass is 10.2. The van der Waals surface area contributed by atoms with E-state index in [1.807, 2.05) is 16.8 Å². The average molecular weight is 276 g/mol. The summed E-state index contributed by atoms with van der Waals surface area (Å²) in [4.78, 5) is 22.8. The van der Waals surface area contributed by atoms with Crippen LogP contribution >= 0.6 is 22.7 Å². The fourth-order valence-electron chi connectivity index (χ4n) is 1.13. The highest BCUT2D eigenvalue weighted by Gasteiger charge is 2.08. The molecule has 2 aromatic heterocycles. The topological polar surface area (TPSA) is 43.4 Å². The molecule has 0 unspecified atom stereocenters. The molecule has 5 heteroatoms. The van der Waals surface area contributed by atoms with E-state index in [0.717, 1.165) is 5.56 Å². The van der Waals surface area contributed by atoms with Gasteiger partial charge in [-0.1, -0.05) is 5.92 Å². The largest absolute Gasteiger partial charge is 0.448 e. The molecule has 2 aromatic rings. The highest BCUT2D eigenvalue weighted by molar-refractivity contribution is 7.08. The van der Waals surface area contributed by atoms with Crippen molar-refractivity contribution in [1.82, 2.24) is 0 Å². The number of thiophene rings is 2. The number of ketones is 1. The molecular formula is C13H8O3S2. The Hall–Kier alpha value is -1.90. The van der Waals surface area contributed by atoms with E-state index in [-0.39, 0.29) is 12.4 Å². The molecule has 0 N–H and O–H groups in total. The molecule has 0 bridgehead atoms. The van der Waals surface area contributed by atoms with Gasteiger partial charge in [-0.05, 0) is 22.9 Å². The van der Waals surface area contributed by atoms with Crippen LogP contribution in [0.4, 0.5) is 0 Å². The highest BCUT2D eigenvalue weighted by atomic mass is 32.1. The molecule has 0 saturated carbocycles. The molecule has 0 saturated heterocycles. The summed E-state index contributed by atoms with van der Waals surface area (Å²) in [5, 5.41) is 7.21. The summed E-state index contributed by atoms with van der Waals surface area (Å²) in [6.07, 6.45) is 0. The Morgan fingerprint density at radius 3 is 2.61 bits per heavy atom. The Bertz CT molecular complexity index is 586. The first kappa shape index (κ1) is 12.6. The molecular weight excluding hydrogens is 268 g/mol. The molecule has 0 radical (unpaired) electrons. The molecule has 0 spiro atoms. The van der Waals surface area contributed by atoms with E-state index in [9.17, 15) is 9.59 Å². The second-order valence-corrected chi connectivity index (χ2v) is 4.83. The fourth-order valence-corrected chi connectivity index (χ4v) is 2.38. The molecule has 0 atom stereocenters. The molecule has 0 aliphatic rings. The van der Waals surface area contributed by atoms with Crippen LogP contribution in [-0.2, 0) is 9.53 Å². The smallest absolute Gasteiger partial charge is 0.385 e. The maximum absolute atomic E-state index is 11.5. The summed E-state index contributed by atoms with van der Waals surface area (Å²) in [6, 6.07) is 3.50. The van der Waals surface area contributed by atoms with Crippen LogP contribution in [0.2, 0.25) is 0 Å². The van der Waals surface area contributed by atoms with E-state index in [4.69, 9.17) is 4.74 Å². The van der Waals surface area contributed by atoms with Gasteiger partial charge in [0.15, 0.2) is 6.61 Å². The third kappa shape index (κ3) is 3.55. The summed E-state index contributed by atoms with van der Waals surface area (Å²) in [5.41, 5.74) is 1.32. The molecule has 0 fully saturated rings. The van der Waals surface area contributed by atoms with E-state index in [1.54, 1.807) is 16.8 Å². The standard InChI is InChI=1S/C13H8O3S2/c14-12(11-4-6-18-9-11)7-16-13(15)2-1-10-3-5-17-8-10/h3-6,8-9H,7H2.